The first kappa shape index (κ1) is 9.74. The standard InChI is InChI=1S/C11H19N3/c1-9(11-5-3-7-13-11)14-8-10-4-2-6-12-10/h3,5,7,9-10,12-14H,2,4,6,8H2,1H3/t9-,10+/m0/s1. The number of hydrogen-bond donors (Lipinski definition) is 3. The molecule has 3 nitrogen and oxygen atoms in total. The third-order valence-corrected chi connectivity index (χ3v) is 2.92. The van der Waals surface area contributed by atoms with Gasteiger partial charge in [0.25, 0.3) is 0 Å². The highest BCUT2D eigenvalue weighted by atomic mass is 15.0. The Labute approximate surface area is 85.3 Å². The lowest BCUT2D eigenvalue weighted by atomic mass is 10.2. The molecule has 1 aliphatic rings. The Balaban J connectivity index is 1.74. The van der Waals surface area contributed by atoms with Crippen LogP contribution in [0.4, 0.5) is 0 Å². The summed E-state index contributed by atoms with van der Waals surface area (Å²) in [7, 11) is 0. The summed E-state index contributed by atoms with van der Waals surface area (Å²) < 4.78 is 0. The fourth-order valence-electron chi connectivity index (χ4n) is 1.97. The molecule has 0 unspecified atom stereocenters. The molecule has 1 fully saturated rings. The Morgan fingerprint density at radius 3 is 3.21 bits per heavy atom. The van der Waals surface area contributed by atoms with Crippen molar-refractivity contribution in [3.63, 3.8) is 0 Å². The number of aromatic nitrogens is 1. The second-order valence-electron chi connectivity index (χ2n) is 4.05. The lowest BCUT2D eigenvalue weighted by Gasteiger charge is -2.16. The van der Waals surface area contributed by atoms with Crippen LogP contribution in [0.15, 0.2) is 18.3 Å². The maximum absolute atomic E-state index is 3.53. The molecule has 0 bridgehead atoms. The molecule has 2 atom stereocenters. The molecule has 0 saturated carbocycles. The molecule has 0 aromatic carbocycles. The summed E-state index contributed by atoms with van der Waals surface area (Å²) in [6.45, 7) is 4.45. The average Bonchev–Trinajstić information content (AvgIpc) is 2.87. The molecule has 3 N–H and O–H groups in total. The minimum atomic E-state index is 0.424. The number of rotatable bonds is 4. The molecule has 2 heterocycles. The summed E-state index contributed by atoms with van der Waals surface area (Å²) >= 11 is 0. The number of nitrogens with one attached hydrogen (secondary N) is 3. The summed E-state index contributed by atoms with van der Waals surface area (Å²) in [6, 6.07) is 5.26. The van der Waals surface area contributed by atoms with Crippen LogP contribution < -0.4 is 10.6 Å². The van der Waals surface area contributed by atoms with Gasteiger partial charge in [-0.1, -0.05) is 0 Å². The van der Waals surface area contributed by atoms with Crippen molar-refractivity contribution in [3.8, 4) is 0 Å². The van der Waals surface area contributed by atoms with Gasteiger partial charge >= 0.3 is 0 Å². The van der Waals surface area contributed by atoms with E-state index in [9.17, 15) is 0 Å². The Bertz CT molecular complexity index is 250. The summed E-state index contributed by atoms with van der Waals surface area (Å²) in [5.74, 6) is 0. The fourth-order valence-corrected chi connectivity index (χ4v) is 1.97. The average molecular weight is 193 g/mol. The largest absolute Gasteiger partial charge is 0.364 e. The molecule has 0 aliphatic carbocycles. The van der Waals surface area contributed by atoms with Gasteiger partial charge in [-0.15, -0.1) is 0 Å². The number of hydrogen-bond acceptors (Lipinski definition) is 2. The van der Waals surface area contributed by atoms with E-state index in [1.54, 1.807) is 0 Å². The molecule has 0 spiro atoms. The van der Waals surface area contributed by atoms with Gasteiger partial charge in [0.05, 0.1) is 0 Å². The van der Waals surface area contributed by atoms with E-state index in [0.29, 0.717) is 12.1 Å². The first-order valence-corrected chi connectivity index (χ1v) is 5.46. The third-order valence-electron chi connectivity index (χ3n) is 2.92. The van der Waals surface area contributed by atoms with E-state index in [1.165, 1.54) is 25.1 Å². The number of aromatic amines is 1. The molecule has 1 aromatic rings. The van der Waals surface area contributed by atoms with Crippen LogP contribution in [-0.2, 0) is 0 Å². The van der Waals surface area contributed by atoms with Crippen molar-refractivity contribution in [2.75, 3.05) is 13.1 Å². The third kappa shape index (κ3) is 2.36. The van der Waals surface area contributed by atoms with Crippen molar-refractivity contribution in [3.05, 3.63) is 24.0 Å². The maximum atomic E-state index is 3.53. The lowest BCUT2D eigenvalue weighted by Crippen LogP contribution is -2.35. The predicted octanol–water partition coefficient (Wildman–Crippen LogP) is 1.42. The number of H-pyrrole nitrogens is 1. The first-order chi connectivity index (χ1) is 6.86. The van der Waals surface area contributed by atoms with Crippen LogP contribution >= 0.6 is 0 Å². The zero-order chi connectivity index (χ0) is 9.80. The lowest BCUT2D eigenvalue weighted by molar-refractivity contribution is 0.485. The molecule has 1 saturated heterocycles. The van der Waals surface area contributed by atoms with Crippen LogP contribution in [-0.4, -0.2) is 24.1 Å². The minimum Gasteiger partial charge on any atom is -0.364 e. The molecule has 1 aliphatic heterocycles. The zero-order valence-corrected chi connectivity index (χ0v) is 8.72. The summed E-state index contributed by atoms with van der Waals surface area (Å²) in [5.41, 5.74) is 1.27. The maximum Gasteiger partial charge on any atom is 0.0444 e. The van der Waals surface area contributed by atoms with Gasteiger partial charge in [-0.2, -0.15) is 0 Å². The van der Waals surface area contributed by atoms with Crippen molar-refractivity contribution >= 4 is 0 Å². The highest BCUT2D eigenvalue weighted by Gasteiger charge is 2.14. The molecule has 0 radical (unpaired) electrons. The first-order valence-electron chi connectivity index (χ1n) is 5.46. The fraction of sp³-hybridized carbons (Fsp3) is 0.636. The molecule has 14 heavy (non-hydrogen) atoms. The van der Waals surface area contributed by atoms with Gasteiger partial charge in [0.15, 0.2) is 0 Å². The van der Waals surface area contributed by atoms with E-state index in [1.807, 2.05) is 12.3 Å². The van der Waals surface area contributed by atoms with E-state index in [2.05, 4.69) is 28.6 Å². The van der Waals surface area contributed by atoms with Crippen LogP contribution in [0.25, 0.3) is 0 Å². The van der Waals surface area contributed by atoms with Crippen LogP contribution in [0.5, 0.6) is 0 Å². The molecule has 3 heteroatoms. The Kier molecular flexibility index (Phi) is 3.22. The Morgan fingerprint density at radius 1 is 1.64 bits per heavy atom. The van der Waals surface area contributed by atoms with Gasteiger partial charge in [-0.3, -0.25) is 0 Å². The van der Waals surface area contributed by atoms with Crippen molar-refractivity contribution < 1.29 is 0 Å². The highest BCUT2D eigenvalue weighted by molar-refractivity contribution is 5.07. The molecule has 1 aromatic heterocycles. The SMILES string of the molecule is C[C@H](NC[C@H]1CCCN1)c1ccc[nH]1. The van der Waals surface area contributed by atoms with E-state index in [0.717, 1.165) is 6.54 Å². The van der Waals surface area contributed by atoms with Crippen LogP contribution in [0.2, 0.25) is 0 Å². The van der Waals surface area contributed by atoms with Gasteiger partial charge in [0.2, 0.25) is 0 Å². The van der Waals surface area contributed by atoms with E-state index >= 15 is 0 Å². The normalized spacial score (nSPS) is 23.9. The summed E-state index contributed by atoms with van der Waals surface area (Å²) in [6.07, 6.45) is 4.61. The van der Waals surface area contributed by atoms with E-state index in [4.69, 9.17) is 0 Å². The van der Waals surface area contributed by atoms with Crippen molar-refractivity contribution in [1.82, 2.24) is 15.6 Å². The quantitative estimate of drug-likeness (QED) is 0.676. The van der Waals surface area contributed by atoms with Gasteiger partial charge in [-0.25, -0.2) is 0 Å². The summed E-state index contributed by atoms with van der Waals surface area (Å²) in [4.78, 5) is 3.23. The van der Waals surface area contributed by atoms with Gasteiger partial charge in [-0.05, 0) is 38.4 Å². The molecular formula is C11H19N3. The van der Waals surface area contributed by atoms with E-state index in [-0.39, 0.29) is 0 Å². The molecular weight excluding hydrogens is 174 g/mol. The van der Waals surface area contributed by atoms with E-state index < -0.39 is 0 Å². The molecule has 78 valence electrons. The van der Waals surface area contributed by atoms with Crippen molar-refractivity contribution in [2.45, 2.75) is 31.8 Å². The second-order valence-corrected chi connectivity index (χ2v) is 4.05. The second kappa shape index (κ2) is 4.62. The van der Waals surface area contributed by atoms with Crippen LogP contribution in [0.1, 0.15) is 31.5 Å². The van der Waals surface area contributed by atoms with Gasteiger partial charge in [0, 0.05) is 30.5 Å². The topological polar surface area (TPSA) is 39.8 Å². The van der Waals surface area contributed by atoms with Crippen molar-refractivity contribution in [2.24, 2.45) is 0 Å². The Morgan fingerprint density at radius 2 is 2.57 bits per heavy atom. The van der Waals surface area contributed by atoms with Crippen LogP contribution in [0.3, 0.4) is 0 Å². The molecule has 2 rings (SSSR count). The minimum absolute atomic E-state index is 0.424. The van der Waals surface area contributed by atoms with Crippen molar-refractivity contribution in [1.29, 1.82) is 0 Å². The van der Waals surface area contributed by atoms with Gasteiger partial charge in [0.1, 0.15) is 0 Å². The predicted molar refractivity (Wildman–Crippen MR) is 58.2 cm³/mol. The monoisotopic (exact) mass is 193 g/mol. The van der Waals surface area contributed by atoms with Gasteiger partial charge < -0.3 is 15.6 Å². The summed E-state index contributed by atoms with van der Waals surface area (Å²) in [5, 5.41) is 7.02. The highest BCUT2D eigenvalue weighted by Crippen LogP contribution is 2.10. The molecule has 0 amide bonds. The zero-order valence-electron chi connectivity index (χ0n) is 8.72. The smallest absolute Gasteiger partial charge is 0.0444 e. The Hall–Kier alpha value is -0.800. The van der Waals surface area contributed by atoms with Crippen LogP contribution in [0, 0.1) is 0 Å².